The quantitative estimate of drug-likeness (QED) is 0.682. The van der Waals surface area contributed by atoms with Gasteiger partial charge in [-0.3, -0.25) is 14.5 Å². The minimum atomic E-state index is -0.0473. The standard InChI is InChI=1S/C17H22N2O2/c1-2-11-9-14-15(10-11)17(21)19(16(14)20)8-7-12-3-5-13(18)6-4-12/h3-6,11,14-15H,2,7-10,18H2,1H3. The molecule has 2 unspecified atom stereocenters. The number of benzene rings is 1. The van der Waals surface area contributed by atoms with Gasteiger partial charge in [0.05, 0.1) is 11.8 Å². The molecule has 2 aliphatic rings. The van der Waals surface area contributed by atoms with Gasteiger partial charge in [0.25, 0.3) is 0 Å². The van der Waals surface area contributed by atoms with E-state index in [0.717, 1.165) is 30.5 Å². The summed E-state index contributed by atoms with van der Waals surface area (Å²) in [4.78, 5) is 26.3. The van der Waals surface area contributed by atoms with Crippen molar-refractivity contribution in [2.75, 3.05) is 12.3 Å². The van der Waals surface area contributed by atoms with Crippen molar-refractivity contribution in [3.63, 3.8) is 0 Å². The lowest BCUT2D eigenvalue weighted by molar-refractivity contribution is -0.140. The van der Waals surface area contributed by atoms with Crippen molar-refractivity contribution in [3.05, 3.63) is 29.8 Å². The maximum absolute atomic E-state index is 12.4. The van der Waals surface area contributed by atoms with Crippen LogP contribution in [0.1, 0.15) is 31.7 Å². The number of amides is 2. The highest BCUT2D eigenvalue weighted by Crippen LogP contribution is 2.44. The second kappa shape index (κ2) is 5.51. The molecule has 1 aromatic carbocycles. The molecular weight excluding hydrogens is 264 g/mol. The first-order valence-electron chi connectivity index (χ1n) is 7.79. The fourth-order valence-electron chi connectivity index (χ4n) is 3.68. The Hall–Kier alpha value is -1.84. The molecule has 0 aromatic heterocycles. The summed E-state index contributed by atoms with van der Waals surface area (Å²) in [7, 11) is 0. The molecule has 2 fully saturated rings. The number of hydrogen-bond acceptors (Lipinski definition) is 3. The van der Waals surface area contributed by atoms with Gasteiger partial charge in [0, 0.05) is 12.2 Å². The van der Waals surface area contributed by atoms with Gasteiger partial charge in [0.15, 0.2) is 0 Å². The molecule has 1 aliphatic heterocycles. The molecule has 1 saturated carbocycles. The maximum Gasteiger partial charge on any atom is 0.233 e. The van der Waals surface area contributed by atoms with Crippen LogP contribution in [0.2, 0.25) is 0 Å². The Bertz CT molecular complexity index is 528. The van der Waals surface area contributed by atoms with E-state index >= 15 is 0 Å². The number of carbonyl (C=O) groups is 2. The van der Waals surface area contributed by atoms with E-state index in [0.29, 0.717) is 18.9 Å². The Balaban J connectivity index is 1.64. The molecule has 4 nitrogen and oxygen atoms in total. The zero-order valence-electron chi connectivity index (χ0n) is 12.4. The van der Waals surface area contributed by atoms with E-state index in [9.17, 15) is 9.59 Å². The second-order valence-electron chi connectivity index (χ2n) is 6.28. The first-order valence-corrected chi connectivity index (χ1v) is 7.79. The molecule has 2 amide bonds. The lowest BCUT2D eigenvalue weighted by atomic mass is 10.00. The minimum absolute atomic E-state index is 0.0473. The molecule has 1 heterocycles. The largest absolute Gasteiger partial charge is 0.399 e. The van der Waals surface area contributed by atoms with Gasteiger partial charge in [-0.25, -0.2) is 0 Å². The molecule has 3 rings (SSSR count). The second-order valence-corrected chi connectivity index (χ2v) is 6.28. The van der Waals surface area contributed by atoms with Crippen molar-refractivity contribution in [2.45, 2.75) is 32.6 Å². The number of nitrogens with two attached hydrogens (primary N) is 1. The number of likely N-dealkylation sites (tertiary alicyclic amines) is 1. The SMILES string of the molecule is CCC1CC2C(=O)N(CCc3ccc(N)cc3)C(=O)C2C1. The van der Waals surface area contributed by atoms with E-state index in [4.69, 9.17) is 5.73 Å². The van der Waals surface area contributed by atoms with Crippen LogP contribution in [0.25, 0.3) is 0 Å². The summed E-state index contributed by atoms with van der Waals surface area (Å²) < 4.78 is 0. The van der Waals surface area contributed by atoms with Gasteiger partial charge in [-0.2, -0.15) is 0 Å². The maximum atomic E-state index is 12.4. The molecule has 0 radical (unpaired) electrons. The van der Waals surface area contributed by atoms with E-state index in [1.165, 1.54) is 4.90 Å². The van der Waals surface area contributed by atoms with Crippen LogP contribution in [0, 0.1) is 17.8 Å². The van der Waals surface area contributed by atoms with Crippen molar-refractivity contribution >= 4 is 17.5 Å². The van der Waals surface area contributed by atoms with Crippen LogP contribution in [0.3, 0.4) is 0 Å². The third-order valence-electron chi connectivity index (χ3n) is 5.01. The monoisotopic (exact) mass is 286 g/mol. The van der Waals surface area contributed by atoms with Gasteiger partial charge >= 0.3 is 0 Å². The summed E-state index contributed by atoms with van der Waals surface area (Å²) >= 11 is 0. The Morgan fingerprint density at radius 3 is 2.19 bits per heavy atom. The molecule has 1 aliphatic carbocycles. The van der Waals surface area contributed by atoms with Crippen LogP contribution in [-0.2, 0) is 16.0 Å². The van der Waals surface area contributed by atoms with Gasteiger partial charge in [-0.1, -0.05) is 25.5 Å². The molecule has 2 N–H and O–H groups in total. The average molecular weight is 286 g/mol. The number of anilines is 1. The summed E-state index contributed by atoms with van der Waals surface area (Å²) in [5.41, 5.74) is 7.49. The van der Waals surface area contributed by atoms with Crippen LogP contribution in [0.15, 0.2) is 24.3 Å². The number of imide groups is 1. The predicted molar refractivity (Wildman–Crippen MR) is 81.3 cm³/mol. The van der Waals surface area contributed by atoms with E-state index in [-0.39, 0.29) is 23.7 Å². The van der Waals surface area contributed by atoms with Crippen LogP contribution in [0.4, 0.5) is 5.69 Å². The van der Waals surface area contributed by atoms with Crippen LogP contribution >= 0.6 is 0 Å². The molecular formula is C17H22N2O2. The molecule has 0 spiro atoms. The number of nitrogens with zero attached hydrogens (tertiary/aromatic N) is 1. The molecule has 0 bridgehead atoms. The van der Waals surface area contributed by atoms with Gasteiger partial charge in [0.2, 0.25) is 11.8 Å². The summed E-state index contributed by atoms with van der Waals surface area (Å²) in [6, 6.07) is 7.61. The number of nitrogen functional groups attached to an aromatic ring is 1. The first kappa shape index (κ1) is 14.1. The third kappa shape index (κ3) is 2.55. The summed E-state index contributed by atoms with van der Waals surface area (Å²) in [5, 5.41) is 0. The van der Waals surface area contributed by atoms with Crippen molar-refractivity contribution < 1.29 is 9.59 Å². The smallest absolute Gasteiger partial charge is 0.233 e. The molecule has 21 heavy (non-hydrogen) atoms. The van der Waals surface area contributed by atoms with Gasteiger partial charge < -0.3 is 5.73 Å². The average Bonchev–Trinajstić information content (AvgIpc) is 3.00. The van der Waals surface area contributed by atoms with Crippen molar-refractivity contribution in [2.24, 2.45) is 17.8 Å². The van der Waals surface area contributed by atoms with Gasteiger partial charge in [-0.05, 0) is 42.9 Å². The number of hydrogen-bond donors (Lipinski definition) is 1. The Morgan fingerprint density at radius 2 is 1.67 bits per heavy atom. The van der Waals surface area contributed by atoms with Gasteiger partial charge in [-0.15, -0.1) is 0 Å². The summed E-state index contributed by atoms with van der Waals surface area (Å²) in [6.45, 7) is 2.63. The molecule has 4 heteroatoms. The predicted octanol–water partition coefficient (Wildman–Crippen LogP) is 2.23. The Labute approximate surface area is 125 Å². The van der Waals surface area contributed by atoms with E-state index in [1.807, 2.05) is 24.3 Å². The minimum Gasteiger partial charge on any atom is -0.399 e. The van der Waals surface area contributed by atoms with Crippen molar-refractivity contribution in [1.82, 2.24) is 4.90 Å². The summed E-state index contributed by atoms with van der Waals surface area (Å²) in [6.07, 6.45) is 3.56. The zero-order chi connectivity index (χ0) is 15.0. The molecule has 2 atom stereocenters. The highest BCUT2D eigenvalue weighted by atomic mass is 16.2. The number of fused-ring (bicyclic) bond motifs is 1. The number of carbonyl (C=O) groups excluding carboxylic acids is 2. The highest BCUT2D eigenvalue weighted by Gasteiger charge is 2.51. The van der Waals surface area contributed by atoms with Crippen molar-refractivity contribution in [1.29, 1.82) is 0 Å². The van der Waals surface area contributed by atoms with E-state index in [2.05, 4.69) is 6.92 Å². The van der Waals surface area contributed by atoms with Crippen LogP contribution < -0.4 is 5.73 Å². The molecule has 112 valence electrons. The molecule has 1 aromatic rings. The van der Waals surface area contributed by atoms with E-state index < -0.39 is 0 Å². The topological polar surface area (TPSA) is 63.4 Å². The fourth-order valence-corrected chi connectivity index (χ4v) is 3.68. The fraction of sp³-hybridized carbons (Fsp3) is 0.529. The van der Waals surface area contributed by atoms with Crippen LogP contribution in [0.5, 0.6) is 0 Å². The summed E-state index contributed by atoms with van der Waals surface area (Å²) in [5.74, 6) is 0.558. The zero-order valence-corrected chi connectivity index (χ0v) is 12.4. The van der Waals surface area contributed by atoms with Crippen molar-refractivity contribution in [3.8, 4) is 0 Å². The highest BCUT2D eigenvalue weighted by molar-refractivity contribution is 6.05. The van der Waals surface area contributed by atoms with Gasteiger partial charge in [0.1, 0.15) is 0 Å². The Morgan fingerprint density at radius 1 is 1.10 bits per heavy atom. The van der Waals surface area contributed by atoms with Crippen LogP contribution in [-0.4, -0.2) is 23.3 Å². The first-order chi connectivity index (χ1) is 10.1. The lowest BCUT2D eigenvalue weighted by Gasteiger charge is -2.17. The Kier molecular flexibility index (Phi) is 3.70. The lowest BCUT2D eigenvalue weighted by Crippen LogP contribution is -2.34. The normalized spacial score (nSPS) is 28.2. The third-order valence-corrected chi connectivity index (χ3v) is 5.01. The van der Waals surface area contributed by atoms with E-state index in [1.54, 1.807) is 0 Å². The molecule has 1 saturated heterocycles. The number of rotatable bonds is 4.